The van der Waals surface area contributed by atoms with Gasteiger partial charge in [-0.15, -0.1) is 0 Å². The van der Waals surface area contributed by atoms with E-state index in [2.05, 4.69) is 0 Å². The first-order valence-electron chi connectivity index (χ1n) is 12.3. The average molecular weight is 526 g/mol. The van der Waals surface area contributed by atoms with Crippen LogP contribution in [-0.2, 0) is 9.59 Å². The summed E-state index contributed by atoms with van der Waals surface area (Å²) in [7, 11) is 1.49. The fraction of sp³-hybridized carbons (Fsp3) is 0.444. The number of carbonyl (C=O) groups is 2. The summed E-state index contributed by atoms with van der Waals surface area (Å²) >= 11 is 7.06. The maximum Gasteiger partial charge on any atom is 0.341 e. The van der Waals surface area contributed by atoms with Crippen molar-refractivity contribution in [1.82, 2.24) is 4.90 Å². The number of benzene rings is 1. The third-order valence-corrected chi connectivity index (χ3v) is 9.33. The molecule has 0 unspecified atom stereocenters. The van der Waals surface area contributed by atoms with E-state index in [1.165, 1.54) is 51.0 Å². The van der Waals surface area contributed by atoms with Crippen molar-refractivity contribution in [2.45, 2.75) is 38.1 Å². The summed E-state index contributed by atoms with van der Waals surface area (Å²) in [6, 6.07) is 9.05. The number of carbonyl (C=O) groups excluding carboxylic acids is 1. The van der Waals surface area contributed by atoms with Gasteiger partial charge in [-0.2, -0.15) is 0 Å². The number of thioether (sulfide) groups is 1. The number of methoxy groups -OCH3 is 1. The second kappa shape index (κ2) is 9.27. The molecule has 1 saturated heterocycles. The van der Waals surface area contributed by atoms with Gasteiger partial charge in [0.2, 0.25) is 0 Å². The summed E-state index contributed by atoms with van der Waals surface area (Å²) in [5.74, 6) is 3.62. The van der Waals surface area contributed by atoms with Crippen LogP contribution in [-0.4, -0.2) is 46.0 Å². The van der Waals surface area contributed by atoms with Gasteiger partial charge in [-0.1, -0.05) is 24.0 Å². The lowest BCUT2D eigenvalue weighted by Gasteiger charge is -2.56. The lowest BCUT2D eigenvalue weighted by molar-refractivity contribution is -0.139. The number of hydrogen-bond acceptors (Lipinski definition) is 7. The molecule has 1 aromatic heterocycles. The van der Waals surface area contributed by atoms with Crippen LogP contribution in [0.3, 0.4) is 0 Å². The zero-order valence-electron chi connectivity index (χ0n) is 19.8. The Morgan fingerprint density at radius 1 is 1.14 bits per heavy atom. The lowest BCUT2D eigenvalue weighted by Crippen LogP contribution is -2.57. The Kier molecular flexibility index (Phi) is 6.08. The molecule has 4 aliphatic carbocycles. The number of rotatable bonds is 7. The molecule has 1 aromatic carbocycles. The van der Waals surface area contributed by atoms with Crippen molar-refractivity contribution in [2.24, 2.45) is 23.7 Å². The Labute approximate surface area is 218 Å². The monoisotopic (exact) mass is 525 g/mol. The van der Waals surface area contributed by atoms with Crippen LogP contribution < -0.4 is 9.47 Å². The SMILES string of the molecule is COc1ccc(-c2ccc(/C=C3\SC(=S)N(C4C5CC6CC(C5)CC4C6)C3=O)o2)cc1OCC(=O)O. The van der Waals surface area contributed by atoms with Crippen molar-refractivity contribution < 1.29 is 28.6 Å². The highest BCUT2D eigenvalue weighted by molar-refractivity contribution is 8.26. The van der Waals surface area contributed by atoms with Gasteiger partial charge in [-0.25, -0.2) is 4.79 Å². The van der Waals surface area contributed by atoms with Gasteiger partial charge in [0.1, 0.15) is 15.8 Å². The molecule has 2 heterocycles. The van der Waals surface area contributed by atoms with Crippen molar-refractivity contribution in [2.75, 3.05) is 13.7 Å². The predicted octanol–water partition coefficient (Wildman–Crippen LogP) is 5.44. The molecule has 5 fully saturated rings. The molecule has 188 valence electrons. The van der Waals surface area contributed by atoms with Crippen molar-refractivity contribution in [3.63, 3.8) is 0 Å². The quantitative estimate of drug-likeness (QED) is 0.377. The van der Waals surface area contributed by atoms with Crippen LogP contribution in [0.2, 0.25) is 0 Å². The van der Waals surface area contributed by atoms with Crippen LogP contribution in [0.15, 0.2) is 39.7 Å². The zero-order valence-corrected chi connectivity index (χ0v) is 21.5. The van der Waals surface area contributed by atoms with E-state index >= 15 is 0 Å². The van der Waals surface area contributed by atoms with Gasteiger partial charge < -0.3 is 19.0 Å². The molecular formula is C27H27NO6S2. The highest BCUT2D eigenvalue weighted by Gasteiger charge is 2.53. The van der Waals surface area contributed by atoms with E-state index in [-0.39, 0.29) is 11.9 Å². The number of amides is 1. The number of carboxylic acids is 1. The topological polar surface area (TPSA) is 89.2 Å². The number of nitrogens with zero attached hydrogens (tertiary/aromatic N) is 1. The summed E-state index contributed by atoms with van der Waals surface area (Å²) < 4.78 is 17.3. The minimum atomic E-state index is -1.08. The molecule has 1 aliphatic heterocycles. The van der Waals surface area contributed by atoms with E-state index in [0.717, 1.165) is 11.8 Å². The molecule has 9 heteroatoms. The minimum Gasteiger partial charge on any atom is -0.493 e. The Bertz CT molecular complexity index is 1240. The molecule has 1 amide bonds. The molecule has 4 bridgehead atoms. The van der Waals surface area contributed by atoms with Crippen molar-refractivity contribution in [3.8, 4) is 22.8 Å². The van der Waals surface area contributed by atoms with Gasteiger partial charge in [0, 0.05) is 17.7 Å². The number of hydrogen-bond donors (Lipinski definition) is 1. The minimum absolute atomic E-state index is 0.00534. The molecule has 0 spiro atoms. The average Bonchev–Trinajstić information content (AvgIpc) is 3.42. The summed E-state index contributed by atoms with van der Waals surface area (Å²) in [6.07, 6.45) is 8.07. The maximum absolute atomic E-state index is 13.5. The first-order chi connectivity index (χ1) is 17.4. The molecule has 5 aliphatic rings. The smallest absolute Gasteiger partial charge is 0.341 e. The summed E-state index contributed by atoms with van der Waals surface area (Å²) in [6.45, 7) is -0.477. The fourth-order valence-electron chi connectivity index (χ4n) is 6.85. The molecular weight excluding hydrogens is 498 g/mol. The number of aliphatic carboxylic acids is 1. The van der Waals surface area contributed by atoms with E-state index < -0.39 is 12.6 Å². The Morgan fingerprint density at radius 3 is 2.53 bits per heavy atom. The molecule has 0 radical (unpaired) electrons. The summed E-state index contributed by atoms with van der Waals surface area (Å²) in [5.41, 5.74) is 0.706. The third-order valence-electron chi connectivity index (χ3n) is 8.00. The fourth-order valence-corrected chi connectivity index (χ4v) is 8.18. The predicted molar refractivity (Wildman–Crippen MR) is 140 cm³/mol. The van der Waals surface area contributed by atoms with Gasteiger partial charge in [-0.05, 0) is 86.1 Å². The lowest BCUT2D eigenvalue weighted by atomic mass is 9.54. The number of thiocarbonyl (C=S) groups is 1. The molecule has 36 heavy (non-hydrogen) atoms. The number of furan rings is 1. The molecule has 4 saturated carbocycles. The van der Waals surface area contributed by atoms with Gasteiger partial charge in [0.15, 0.2) is 18.1 Å². The second-order valence-corrected chi connectivity index (χ2v) is 11.9. The Hall–Kier alpha value is -2.78. The zero-order chi connectivity index (χ0) is 25.0. The van der Waals surface area contributed by atoms with Gasteiger partial charge >= 0.3 is 5.97 Å². The van der Waals surface area contributed by atoms with E-state index in [9.17, 15) is 9.59 Å². The summed E-state index contributed by atoms with van der Waals surface area (Å²) in [4.78, 5) is 26.9. The van der Waals surface area contributed by atoms with Crippen LogP contribution in [0.25, 0.3) is 17.4 Å². The van der Waals surface area contributed by atoms with E-state index in [4.69, 9.17) is 31.2 Å². The van der Waals surface area contributed by atoms with Crippen LogP contribution >= 0.6 is 24.0 Å². The highest BCUT2D eigenvalue weighted by atomic mass is 32.2. The Balaban J connectivity index is 1.21. The van der Waals surface area contributed by atoms with E-state index in [0.29, 0.717) is 49.6 Å². The van der Waals surface area contributed by atoms with Crippen LogP contribution in [0.5, 0.6) is 11.5 Å². The number of ether oxygens (including phenoxy) is 2. The van der Waals surface area contributed by atoms with Crippen LogP contribution in [0, 0.1) is 23.7 Å². The van der Waals surface area contributed by atoms with Crippen molar-refractivity contribution >= 4 is 46.3 Å². The van der Waals surface area contributed by atoms with E-state index in [1.54, 1.807) is 24.3 Å². The van der Waals surface area contributed by atoms with Crippen molar-refractivity contribution in [3.05, 3.63) is 41.0 Å². The molecule has 0 atom stereocenters. The van der Waals surface area contributed by atoms with Crippen LogP contribution in [0.1, 0.15) is 37.9 Å². The summed E-state index contributed by atoms with van der Waals surface area (Å²) in [5, 5.41) is 8.93. The molecule has 7 nitrogen and oxygen atoms in total. The van der Waals surface area contributed by atoms with Gasteiger partial charge in [0.05, 0.1) is 12.0 Å². The normalized spacial score (nSPS) is 29.9. The third kappa shape index (κ3) is 4.22. The first kappa shape index (κ1) is 23.6. The maximum atomic E-state index is 13.5. The molecule has 7 rings (SSSR count). The standard InChI is InChI=1S/C27H27NO6S2/c1-32-21-4-2-16(11-22(21)33-13-24(29)30)20-5-3-19(34-20)12-23-26(31)28(27(35)36-23)25-17-7-14-6-15(9-17)10-18(25)8-14/h2-5,11-12,14-15,17-18,25H,6-10,13H2,1H3,(H,29,30)/b23-12-. The van der Waals surface area contributed by atoms with Crippen LogP contribution in [0.4, 0.5) is 0 Å². The van der Waals surface area contributed by atoms with E-state index in [1.807, 2.05) is 17.0 Å². The highest BCUT2D eigenvalue weighted by Crippen LogP contribution is 2.56. The number of carboxylic acid groups (broad SMARTS) is 1. The first-order valence-corrected chi connectivity index (χ1v) is 13.5. The molecule has 2 aromatic rings. The van der Waals surface area contributed by atoms with Gasteiger partial charge in [0.25, 0.3) is 5.91 Å². The second-order valence-electron chi connectivity index (χ2n) is 10.2. The van der Waals surface area contributed by atoms with Crippen molar-refractivity contribution in [1.29, 1.82) is 0 Å². The Morgan fingerprint density at radius 2 is 1.86 bits per heavy atom. The molecule has 1 N–H and O–H groups in total. The van der Waals surface area contributed by atoms with Gasteiger partial charge in [-0.3, -0.25) is 9.69 Å². The largest absolute Gasteiger partial charge is 0.493 e.